The van der Waals surface area contributed by atoms with E-state index in [1.165, 1.54) is 12.0 Å². The van der Waals surface area contributed by atoms with Gasteiger partial charge in [-0.15, -0.1) is 0 Å². The molecule has 268 valence electrons. The molecule has 12 heteroatoms. The number of carbonyl (C=O) groups is 2. The van der Waals surface area contributed by atoms with Crippen LogP contribution in [0.3, 0.4) is 0 Å². The quantitative estimate of drug-likeness (QED) is 0.138. The van der Waals surface area contributed by atoms with Crippen molar-refractivity contribution in [3.8, 4) is 11.5 Å². The minimum absolute atomic E-state index is 0.113. The second kappa shape index (κ2) is 16.6. The molecule has 1 N–H and O–H groups in total. The Morgan fingerprint density at radius 3 is 2.59 bits per heavy atom. The van der Waals surface area contributed by atoms with Gasteiger partial charge in [0.1, 0.15) is 46.8 Å². The fraction of sp³-hybridized carbons (Fsp3) is 0.541. The van der Waals surface area contributed by atoms with Gasteiger partial charge in [-0.05, 0) is 78.1 Å². The number of methoxy groups -OCH3 is 1. The molecule has 1 aromatic heterocycles. The van der Waals surface area contributed by atoms with Gasteiger partial charge in [0, 0.05) is 31.8 Å². The van der Waals surface area contributed by atoms with Gasteiger partial charge < -0.3 is 38.3 Å². The lowest BCUT2D eigenvalue weighted by molar-refractivity contribution is -0.152. The van der Waals surface area contributed by atoms with Crippen LogP contribution in [-0.4, -0.2) is 85.0 Å². The van der Waals surface area contributed by atoms with E-state index >= 15 is 0 Å². The van der Waals surface area contributed by atoms with E-state index in [-0.39, 0.29) is 37.2 Å². The molecule has 0 aliphatic carbocycles. The fourth-order valence-corrected chi connectivity index (χ4v) is 5.38. The molecule has 49 heavy (non-hydrogen) atoms. The van der Waals surface area contributed by atoms with Crippen LogP contribution in [0, 0.1) is 5.92 Å². The number of aliphatic hydroxyl groups is 1. The molecule has 1 aromatic carbocycles. The highest BCUT2D eigenvalue weighted by Crippen LogP contribution is 2.35. The number of benzene rings is 1. The van der Waals surface area contributed by atoms with Crippen molar-refractivity contribution in [2.75, 3.05) is 32.0 Å². The van der Waals surface area contributed by atoms with Gasteiger partial charge in [-0.25, -0.2) is 14.6 Å². The summed E-state index contributed by atoms with van der Waals surface area (Å²) in [7, 11) is 1.49. The third-order valence-electron chi connectivity index (χ3n) is 7.85. The van der Waals surface area contributed by atoms with Crippen molar-refractivity contribution < 1.29 is 47.9 Å². The maximum Gasteiger partial charge on any atom is 0.416 e. The molecule has 2 aliphatic heterocycles. The highest BCUT2D eigenvalue weighted by atomic mass is 16.8. The Kier molecular flexibility index (Phi) is 12.8. The van der Waals surface area contributed by atoms with Gasteiger partial charge in [0.05, 0.1) is 12.7 Å². The third-order valence-corrected chi connectivity index (χ3v) is 7.85. The topological polar surface area (TPSA) is 135 Å². The predicted octanol–water partition coefficient (Wildman–Crippen LogP) is 6.31. The first-order valence-electron chi connectivity index (χ1n) is 16.6. The molecule has 0 radical (unpaired) electrons. The van der Waals surface area contributed by atoms with Crippen LogP contribution in [0.5, 0.6) is 11.5 Å². The number of carbonyl (C=O) groups excluding carboxylic acids is 2. The molecule has 12 nitrogen and oxygen atoms in total. The van der Waals surface area contributed by atoms with Gasteiger partial charge >= 0.3 is 12.1 Å². The summed E-state index contributed by atoms with van der Waals surface area (Å²) >= 11 is 0. The Balaban J connectivity index is 1.61. The number of cyclic esters (lactones) is 1. The highest BCUT2D eigenvalue weighted by molar-refractivity contribution is 5.97. The second-order valence-electron chi connectivity index (χ2n) is 13.6. The van der Waals surface area contributed by atoms with E-state index in [0.29, 0.717) is 30.0 Å². The molecule has 2 aromatic rings. The summed E-state index contributed by atoms with van der Waals surface area (Å²) in [5.74, 6) is -0.540. The first-order chi connectivity index (χ1) is 23.2. The standard InChI is InChI=1S/C37H50N2O10/c1-24-16-17-28(40)33-29(47-37(6,7)48-33)14-11-13-26-21-27(22-30(45-23-43-8)32(26)34(41)46-25(24)2)44-20-12-19-39(31-15-9-10-18-38-31)35(42)49-36(3,4)5/h9-11,13,15-18,21-22,24-25,28-29,33,40H,12,14,19-20,23H2,1-8H3/b13-11+,17-16-/t24-,25?,28?,29+,33-/m1/s1. The first kappa shape index (κ1) is 37.8. The summed E-state index contributed by atoms with van der Waals surface area (Å²) in [6.45, 7) is 13.1. The Morgan fingerprint density at radius 1 is 1.12 bits per heavy atom. The number of aliphatic hydroxyl groups excluding tert-OH is 1. The molecule has 0 saturated carbocycles. The molecule has 2 aliphatic rings. The largest absolute Gasteiger partial charge is 0.493 e. The number of hydrogen-bond acceptors (Lipinski definition) is 11. The number of ether oxygens (including phenoxy) is 7. The number of hydrogen-bond donors (Lipinski definition) is 1. The van der Waals surface area contributed by atoms with Crippen LogP contribution >= 0.6 is 0 Å². The molecule has 0 spiro atoms. The molecule has 0 bridgehead atoms. The minimum Gasteiger partial charge on any atom is -0.493 e. The lowest BCUT2D eigenvalue weighted by atomic mass is 9.99. The summed E-state index contributed by atoms with van der Waals surface area (Å²) in [5.41, 5.74) is 0.0382. The zero-order valence-corrected chi connectivity index (χ0v) is 29.7. The van der Waals surface area contributed by atoms with E-state index in [4.69, 9.17) is 33.2 Å². The molecular formula is C37H50N2O10. The van der Waals surface area contributed by atoms with Crippen molar-refractivity contribution in [1.29, 1.82) is 0 Å². The van der Waals surface area contributed by atoms with E-state index in [2.05, 4.69) is 4.98 Å². The number of anilines is 1. The predicted molar refractivity (Wildman–Crippen MR) is 184 cm³/mol. The van der Waals surface area contributed by atoms with E-state index in [9.17, 15) is 14.7 Å². The van der Waals surface area contributed by atoms with E-state index in [1.807, 2.05) is 53.7 Å². The van der Waals surface area contributed by atoms with Crippen molar-refractivity contribution in [3.05, 3.63) is 65.9 Å². The highest BCUT2D eigenvalue weighted by Gasteiger charge is 2.43. The first-order valence-corrected chi connectivity index (χ1v) is 16.6. The monoisotopic (exact) mass is 682 g/mol. The Morgan fingerprint density at radius 2 is 1.90 bits per heavy atom. The Hall–Kier alpha value is -3.97. The molecule has 1 amide bonds. The maximum absolute atomic E-state index is 13.7. The van der Waals surface area contributed by atoms with Gasteiger partial charge in [-0.3, -0.25) is 4.90 Å². The summed E-state index contributed by atoms with van der Waals surface area (Å²) in [4.78, 5) is 32.5. The van der Waals surface area contributed by atoms with Crippen molar-refractivity contribution in [3.63, 3.8) is 0 Å². The Labute approximate surface area is 288 Å². The van der Waals surface area contributed by atoms with E-state index in [0.717, 1.165) is 0 Å². The van der Waals surface area contributed by atoms with Crippen LogP contribution in [0.4, 0.5) is 10.6 Å². The lowest BCUT2D eigenvalue weighted by Gasteiger charge is -2.26. The molecule has 2 unspecified atom stereocenters. The average Bonchev–Trinajstić information content (AvgIpc) is 3.35. The number of nitrogens with zero attached hydrogens (tertiary/aromatic N) is 2. The number of pyridine rings is 1. The fourth-order valence-electron chi connectivity index (χ4n) is 5.38. The van der Waals surface area contributed by atoms with Gasteiger partial charge in [0.2, 0.25) is 0 Å². The molecular weight excluding hydrogens is 632 g/mol. The summed E-state index contributed by atoms with van der Waals surface area (Å²) in [5, 5.41) is 11.0. The number of fused-ring (bicyclic) bond motifs is 2. The third kappa shape index (κ3) is 10.8. The van der Waals surface area contributed by atoms with Crippen LogP contribution < -0.4 is 14.4 Å². The van der Waals surface area contributed by atoms with Crippen molar-refractivity contribution in [2.45, 2.75) is 97.1 Å². The number of esters is 1. The summed E-state index contributed by atoms with van der Waals surface area (Å²) < 4.78 is 40.9. The van der Waals surface area contributed by atoms with Gasteiger partial charge in [-0.1, -0.05) is 37.3 Å². The van der Waals surface area contributed by atoms with Crippen molar-refractivity contribution in [1.82, 2.24) is 4.98 Å². The SMILES string of the molecule is COCOc1cc(OCCCN(C(=O)OC(C)(C)C)c2ccccn2)cc2c1C(=O)OC(C)[C@H](C)/C=C\C(O)[C@H]1OC(C)(C)O[C@H]1C/C=C/2. The molecule has 4 rings (SSSR count). The van der Waals surface area contributed by atoms with Crippen LogP contribution in [0.1, 0.15) is 77.2 Å². The number of amides is 1. The van der Waals surface area contributed by atoms with E-state index in [1.54, 1.807) is 55.6 Å². The van der Waals surface area contributed by atoms with Gasteiger partial charge in [0.25, 0.3) is 0 Å². The van der Waals surface area contributed by atoms with Crippen molar-refractivity contribution >= 4 is 24.0 Å². The second-order valence-corrected chi connectivity index (χ2v) is 13.6. The normalized spacial score (nSPS) is 25.2. The van der Waals surface area contributed by atoms with Gasteiger partial charge in [0.15, 0.2) is 12.6 Å². The number of aromatic nitrogens is 1. The van der Waals surface area contributed by atoms with Crippen LogP contribution in [-0.2, 0) is 23.7 Å². The lowest BCUT2D eigenvalue weighted by Crippen LogP contribution is -2.38. The van der Waals surface area contributed by atoms with Gasteiger partial charge in [-0.2, -0.15) is 0 Å². The summed E-state index contributed by atoms with van der Waals surface area (Å²) in [6, 6.07) is 8.68. The molecule has 1 fully saturated rings. The smallest absolute Gasteiger partial charge is 0.416 e. The number of rotatable bonds is 9. The molecule has 1 saturated heterocycles. The molecule has 5 atom stereocenters. The van der Waals surface area contributed by atoms with E-state index < -0.39 is 47.9 Å². The zero-order valence-electron chi connectivity index (χ0n) is 29.7. The maximum atomic E-state index is 13.7. The van der Waals surface area contributed by atoms with Crippen LogP contribution in [0.2, 0.25) is 0 Å². The zero-order chi connectivity index (χ0) is 35.8. The summed E-state index contributed by atoms with van der Waals surface area (Å²) in [6.07, 6.45) is 6.59. The van der Waals surface area contributed by atoms with Crippen LogP contribution in [0.15, 0.2) is 54.8 Å². The average molecular weight is 683 g/mol. The Bertz CT molecular complexity index is 1470. The molecule has 3 heterocycles. The van der Waals surface area contributed by atoms with Crippen LogP contribution in [0.25, 0.3) is 6.08 Å². The van der Waals surface area contributed by atoms with Crippen molar-refractivity contribution in [2.24, 2.45) is 5.92 Å². The minimum atomic E-state index is -0.918.